The standard InChI is InChI=1S/C16H20N2O4S/c1-12(15-4-3-11-22-15)18-16(19)14-7-5-13(6-8-14)9-10-17-23(2,20)21/h3-8,11-12,17H,9-10H2,1-2H3,(H,18,19)/t12-/m0/s1. The van der Waals surface area contributed by atoms with Crippen LogP contribution in [0.2, 0.25) is 0 Å². The fourth-order valence-electron chi connectivity index (χ4n) is 2.09. The third-order valence-electron chi connectivity index (χ3n) is 3.31. The van der Waals surface area contributed by atoms with E-state index in [0.29, 0.717) is 24.3 Å². The van der Waals surface area contributed by atoms with Gasteiger partial charge in [-0.25, -0.2) is 13.1 Å². The average Bonchev–Trinajstić information content (AvgIpc) is 3.01. The summed E-state index contributed by atoms with van der Waals surface area (Å²) in [6, 6.07) is 10.4. The van der Waals surface area contributed by atoms with E-state index in [1.165, 1.54) is 0 Å². The van der Waals surface area contributed by atoms with Crippen LogP contribution in [-0.4, -0.2) is 27.1 Å². The second kappa shape index (κ2) is 7.43. The van der Waals surface area contributed by atoms with Gasteiger partial charge in [-0.2, -0.15) is 0 Å². The third kappa shape index (κ3) is 5.54. The van der Waals surface area contributed by atoms with Crippen LogP contribution in [0.4, 0.5) is 0 Å². The number of amides is 1. The van der Waals surface area contributed by atoms with Gasteiger partial charge in [-0.05, 0) is 43.2 Å². The fourth-order valence-corrected chi connectivity index (χ4v) is 2.57. The molecule has 0 unspecified atom stereocenters. The van der Waals surface area contributed by atoms with E-state index >= 15 is 0 Å². The van der Waals surface area contributed by atoms with Crippen LogP contribution in [0.1, 0.15) is 34.6 Å². The van der Waals surface area contributed by atoms with Crippen molar-refractivity contribution in [2.24, 2.45) is 0 Å². The maximum atomic E-state index is 12.2. The van der Waals surface area contributed by atoms with Crippen LogP contribution in [0.3, 0.4) is 0 Å². The Morgan fingerprint density at radius 3 is 2.48 bits per heavy atom. The van der Waals surface area contributed by atoms with Crippen molar-refractivity contribution < 1.29 is 17.6 Å². The fraction of sp³-hybridized carbons (Fsp3) is 0.312. The number of benzene rings is 1. The first kappa shape index (κ1) is 17.2. The normalized spacial score (nSPS) is 12.8. The SMILES string of the molecule is C[C@H](NC(=O)c1ccc(CCNS(C)(=O)=O)cc1)c1ccco1. The molecule has 1 amide bonds. The lowest BCUT2D eigenvalue weighted by atomic mass is 10.1. The minimum atomic E-state index is -3.17. The van der Waals surface area contributed by atoms with Crippen LogP contribution in [0, 0.1) is 0 Å². The lowest BCUT2D eigenvalue weighted by Gasteiger charge is -2.11. The van der Waals surface area contributed by atoms with E-state index in [4.69, 9.17) is 4.42 Å². The first-order chi connectivity index (χ1) is 10.8. The summed E-state index contributed by atoms with van der Waals surface area (Å²) in [6.07, 6.45) is 3.26. The Labute approximate surface area is 135 Å². The van der Waals surface area contributed by atoms with E-state index in [0.717, 1.165) is 11.8 Å². The molecule has 1 atom stereocenters. The molecule has 1 aromatic heterocycles. The van der Waals surface area contributed by atoms with Gasteiger partial charge in [0.15, 0.2) is 0 Å². The van der Waals surface area contributed by atoms with Crippen LogP contribution in [-0.2, 0) is 16.4 Å². The summed E-state index contributed by atoms with van der Waals surface area (Å²) in [6.45, 7) is 2.18. The molecule has 2 N–H and O–H groups in total. The predicted octanol–water partition coefficient (Wildman–Crippen LogP) is 1.86. The second-order valence-electron chi connectivity index (χ2n) is 5.32. The van der Waals surface area contributed by atoms with Crippen molar-refractivity contribution in [1.82, 2.24) is 10.0 Å². The minimum absolute atomic E-state index is 0.185. The lowest BCUT2D eigenvalue weighted by molar-refractivity contribution is 0.0935. The molecule has 0 fully saturated rings. The summed E-state index contributed by atoms with van der Waals surface area (Å²) in [5.41, 5.74) is 1.50. The summed E-state index contributed by atoms with van der Waals surface area (Å²) in [5.74, 6) is 0.511. The van der Waals surface area contributed by atoms with E-state index in [2.05, 4.69) is 10.0 Å². The van der Waals surface area contributed by atoms with Crippen LogP contribution < -0.4 is 10.0 Å². The van der Waals surface area contributed by atoms with Crippen LogP contribution >= 0.6 is 0 Å². The lowest BCUT2D eigenvalue weighted by Crippen LogP contribution is -2.26. The Balaban J connectivity index is 1.90. The van der Waals surface area contributed by atoms with Gasteiger partial charge >= 0.3 is 0 Å². The summed E-state index contributed by atoms with van der Waals surface area (Å²) < 4.78 is 29.7. The van der Waals surface area contributed by atoms with Gasteiger partial charge in [-0.3, -0.25) is 4.79 Å². The molecule has 0 radical (unpaired) electrons. The molecular formula is C16H20N2O4S. The number of carbonyl (C=O) groups is 1. The smallest absolute Gasteiger partial charge is 0.251 e. The Kier molecular flexibility index (Phi) is 5.57. The summed E-state index contributed by atoms with van der Waals surface area (Å²) in [7, 11) is -3.17. The molecule has 0 bridgehead atoms. The number of sulfonamides is 1. The molecule has 0 saturated carbocycles. The minimum Gasteiger partial charge on any atom is -0.467 e. The molecule has 0 aliphatic carbocycles. The van der Waals surface area contributed by atoms with Gasteiger partial charge < -0.3 is 9.73 Å². The van der Waals surface area contributed by atoms with Crippen molar-refractivity contribution in [3.05, 3.63) is 59.5 Å². The second-order valence-corrected chi connectivity index (χ2v) is 7.16. The molecule has 1 aromatic carbocycles. The maximum absolute atomic E-state index is 12.2. The summed E-state index contributed by atoms with van der Waals surface area (Å²) >= 11 is 0. The van der Waals surface area contributed by atoms with E-state index < -0.39 is 10.0 Å². The van der Waals surface area contributed by atoms with Gasteiger partial charge in [-0.1, -0.05) is 12.1 Å². The molecule has 23 heavy (non-hydrogen) atoms. The number of carbonyl (C=O) groups excluding carboxylic acids is 1. The molecule has 2 aromatic rings. The molecule has 7 heteroatoms. The zero-order valence-electron chi connectivity index (χ0n) is 13.1. The van der Waals surface area contributed by atoms with Gasteiger partial charge in [-0.15, -0.1) is 0 Å². The topological polar surface area (TPSA) is 88.4 Å². The van der Waals surface area contributed by atoms with E-state index in [9.17, 15) is 13.2 Å². The van der Waals surface area contributed by atoms with Crippen molar-refractivity contribution in [1.29, 1.82) is 0 Å². The number of nitrogens with one attached hydrogen (secondary N) is 2. The Bertz CT molecular complexity index is 737. The summed E-state index contributed by atoms with van der Waals surface area (Å²) in [4.78, 5) is 12.2. The van der Waals surface area contributed by atoms with Crippen LogP contribution in [0.25, 0.3) is 0 Å². The largest absolute Gasteiger partial charge is 0.467 e. The molecule has 0 spiro atoms. The van der Waals surface area contributed by atoms with E-state index in [-0.39, 0.29) is 11.9 Å². The van der Waals surface area contributed by atoms with Crippen molar-refractivity contribution >= 4 is 15.9 Å². The zero-order valence-corrected chi connectivity index (χ0v) is 13.9. The number of hydrogen-bond donors (Lipinski definition) is 2. The Morgan fingerprint density at radius 2 is 1.91 bits per heavy atom. The summed E-state index contributed by atoms with van der Waals surface area (Å²) in [5, 5.41) is 2.86. The highest BCUT2D eigenvalue weighted by Crippen LogP contribution is 2.13. The molecule has 0 aliphatic heterocycles. The quantitative estimate of drug-likeness (QED) is 0.808. The molecule has 6 nitrogen and oxygen atoms in total. The van der Waals surface area contributed by atoms with Crippen molar-refractivity contribution in [2.75, 3.05) is 12.8 Å². The Hall–Kier alpha value is -2.12. The molecule has 2 rings (SSSR count). The first-order valence-electron chi connectivity index (χ1n) is 7.23. The van der Waals surface area contributed by atoms with Gasteiger partial charge in [0.1, 0.15) is 5.76 Å². The monoisotopic (exact) mass is 336 g/mol. The van der Waals surface area contributed by atoms with Gasteiger partial charge in [0.05, 0.1) is 18.6 Å². The van der Waals surface area contributed by atoms with Gasteiger partial charge in [0, 0.05) is 12.1 Å². The zero-order chi connectivity index (χ0) is 16.9. The highest BCUT2D eigenvalue weighted by Gasteiger charge is 2.13. The maximum Gasteiger partial charge on any atom is 0.251 e. The highest BCUT2D eigenvalue weighted by molar-refractivity contribution is 7.88. The molecule has 0 saturated heterocycles. The molecular weight excluding hydrogens is 316 g/mol. The van der Waals surface area contributed by atoms with E-state index in [1.807, 2.05) is 25.1 Å². The van der Waals surface area contributed by atoms with Gasteiger partial charge in [0.2, 0.25) is 10.0 Å². The molecule has 1 heterocycles. The van der Waals surface area contributed by atoms with Crippen molar-refractivity contribution in [2.45, 2.75) is 19.4 Å². The third-order valence-corrected chi connectivity index (χ3v) is 4.04. The highest BCUT2D eigenvalue weighted by atomic mass is 32.2. The van der Waals surface area contributed by atoms with E-state index in [1.54, 1.807) is 24.5 Å². The van der Waals surface area contributed by atoms with Crippen LogP contribution in [0.15, 0.2) is 47.1 Å². The number of furan rings is 1. The van der Waals surface area contributed by atoms with Gasteiger partial charge in [0.25, 0.3) is 5.91 Å². The predicted molar refractivity (Wildman–Crippen MR) is 87.6 cm³/mol. The molecule has 124 valence electrons. The van der Waals surface area contributed by atoms with Crippen molar-refractivity contribution in [3.63, 3.8) is 0 Å². The van der Waals surface area contributed by atoms with Crippen molar-refractivity contribution in [3.8, 4) is 0 Å². The number of rotatable bonds is 7. The average molecular weight is 336 g/mol. The first-order valence-corrected chi connectivity index (χ1v) is 9.12. The Morgan fingerprint density at radius 1 is 1.22 bits per heavy atom. The number of hydrogen-bond acceptors (Lipinski definition) is 4. The van der Waals surface area contributed by atoms with Crippen LogP contribution in [0.5, 0.6) is 0 Å². The molecule has 0 aliphatic rings.